The minimum atomic E-state index is 0.211. The van der Waals surface area contributed by atoms with E-state index in [-0.39, 0.29) is 4.75 Å². The lowest BCUT2D eigenvalue weighted by Crippen LogP contribution is -2.48. The highest BCUT2D eigenvalue weighted by Gasteiger charge is 2.55. The predicted molar refractivity (Wildman–Crippen MR) is 278 cm³/mol. The van der Waals surface area contributed by atoms with Gasteiger partial charge >= 0.3 is 0 Å². The summed E-state index contributed by atoms with van der Waals surface area (Å²) in [7, 11) is 0. The van der Waals surface area contributed by atoms with Crippen LogP contribution in [0.2, 0.25) is 0 Å². The first-order valence-electron chi connectivity index (χ1n) is 29.9. The summed E-state index contributed by atoms with van der Waals surface area (Å²) in [6.45, 7) is 17.9. The zero-order valence-corrected chi connectivity index (χ0v) is 44.3. The van der Waals surface area contributed by atoms with E-state index in [9.17, 15) is 0 Å². The summed E-state index contributed by atoms with van der Waals surface area (Å²) in [6, 6.07) is 0. The van der Waals surface area contributed by atoms with Crippen LogP contribution in [-0.4, -0.2) is 4.75 Å². The first kappa shape index (κ1) is 49.5. The molecule has 16 unspecified atom stereocenters. The Labute approximate surface area is 399 Å². The van der Waals surface area contributed by atoms with Gasteiger partial charge in [-0.3, -0.25) is 0 Å². The molecule has 8 bridgehead atoms. The van der Waals surface area contributed by atoms with Gasteiger partial charge in [0.15, 0.2) is 0 Å². The Morgan fingerprint density at radius 1 is 0.571 bits per heavy atom. The number of unbranched alkanes of at least 4 members (excludes halogenated alkanes) is 1. The van der Waals surface area contributed by atoms with Gasteiger partial charge in [0.2, 0.25) is 0 Å². The normalized spacial score (nSPS) is 45.1. The molecule has 6 saturated carbocycles. The summed E-state index contributed by atoms with van der Waals surface area (Å²) in [5.74, 6) is 15.6. The smallest absolute Gasteiger partial charge is 0.0104 e. The van der Waals surface area contributed by atoms with E-state index < -0.39 is 0 Å². The second kappa shape index (κ2) is 22.7. The van der Waals surface area contributed by atoms with Gasteiger partial charge in [-0.15, -0.1) is 0 Å². The fourth-order valence-corrected chi connectivity index (χ4v) is 19.6. The molecule has 0 nitrogen and oxygen atoms in total. The first-order valence-corrected chi connectivity index (χ1v) is 30.4. The van der Waals surface area contributed by atoms with Crippen LogP contribution in [0.4, 0.5) is 0 Å². The minimum Gasteiger partial charge on any atom is -0.173 e. The molecule has 9 aliphatic rings. The van der Waals surface area contributed by atoms with E-state index in [1.165, 1.54) is 154 Å². The fraction of sp³-hybridized carbons (Fsp3) is 0.968. The topological polar surface area (TPSA) is 0 Å². The fourth-order valence-electron chi connectivity index (χ4n) is 19.2. The first-order chi connectivity index (χ1) is 30.5. The lowest BCUT2D eigenvalue weighted by molar-refractivity contribution is -0.0185. The maximum atomic E-state index is 5.55. The molecule has 0 aromatic carbocycles. The number of rotatable bonds is 17. The van der Waals surface area contributed by atoms with Crippen LogP contribution in [0, 0.1) is 100 Å². The molecule has 362 valence electrons. The average Bonchev–Trinajstić information content (AvgIpc) is 3.96. The molecule has 0 aromatic rings. The third-order valence-electron chi connectivity index (χ3n) is 21.9. The second-order valence-electron chi connectivity index (χ2n) is 27.2. The Bertz CT molecular complexity index is 1410. The van der Waals surface area contributed by atoms with Crippen molar-refractivity contribution in [1.29, 1.82) is 0 Å². The molecule has 9 aliphatic carbocycles. The van der Waals surface area contributed by atoms with Crippen molar-refractivity contribution in [3.63, 3.8) is 0 Å². The zero-order valence-electron chi connectivity index (χ0n) is 43.4. The molecule has 6 fully saturated rings. The van der Waals surface area contributed by atoms with Crippen molar-refractivity contribution in [2.75, 3.05) is 0 Å². The van der Waals surface area contributed by atoms with Crippen molar-refractivity contribution >= 4 is 12.6 Å². The quantitative estimate of drug-likeness (QED) is 0.109. The average molecular weight is 886 g/mol. The largest absolute Gasteiger partial charge is 0.173 e. The molecule has 0 aliphatic heterocycles. The van der Waals surface area contributed by atoms with E-state index in [2.05, 4.69) is 59.6 Å². The van der Waals surface area contributed by atoms with Crippen LogP contribution in [0.25, 0.3) is 0 Å². The molecule has 16 atom stereocenters. The van der Waals surface area contributed by atoms with Crippen molar-refractivity contribution in [3.8, 4) is 0 Å². The number of hydrogen-bond donors (Lipinski definition) is 1. The summed E-state index contributed by atoms with van der Waals surface area (Å²) in [6.07, 6.45) is 52.7. The van der Waals surface area contributed by atoms with Crippen LogP contribution in [0.3, 0.4) is 0 Å². The molecule has 0 amide bonds. The summed E-state index contributed by atoms with van der Waals surface area (Å²) < 4.78 is 0.211. The van der Waals surface area contributed by atoms with Crippen LogP contribution in [-0.2, 0) is 0 Å². The van der Waals surface area contributed by atoms with E-state index in [0.717, 1.165) is 94.7 Å². The van der Waals surface area contributed by atoms with Crippen molar-refractivity contribution in [2.24, 2.45) is 100 Å². The highest BCUT2D eigenvalue weighted by atomic mass is 32.1. The third-order valence-corrected chi connectivity index (χ3v) is 22.3. The standard InChI is InChI=1S/C62H108S/c1-8-12-18-46-31-48-25-26-53-34-51-32-50-33-52(20-15-17-43(5)21-22-44(6)29-47-24-23-45(30-47)16-9-2)54(35-50)38-58-55(11-4)59(60(58)57(36-46)56(53)37-51)42-62(27-10-3)40-49(41-62)19-13-14-28-61(7,63)39-48/h43-56,58-59,63H,8-42H2,1-7H3/b60-57+. The van der Waals surface area contributed by atoms with Gasteiger partial charge in [-0.2, -0.15) is 12.6 Å². The molecule has 63 heavy (non-hydrogen) atoms. The Balaban J connectivity index is 1.02. The number of thiol groups is 1. The monoisotopic (exact) mass is 885 g/mol. The molecule has 0 N–H and O–H groups in total. The lowest BCUT2D eigenvalue weighted by atomic mass is 9.47. The molecular formula is C62H108S. The van der Waals surface area contributed by atoms with Gasteiger partial charge in [-0.25, -0.2) is 0 Å². The van der Waals surface area contributed by atoms with Crippen LogP contribution in [0.5, 0.6) is 0 Å². The van der Waals surface area contributed by atoms with Gasteiger partial charge < -0.3 is 0 Å². The molecule has 0 heterocycles. The number of hydrogen-bond acceptors (Lipinski definition) is 1. The Morgan fingerprint density at radius 2 is 1.37 bits per heavy atom. The van der Waals surface area contributed by atoms with Crippen molar-refractivity contribution < 1.29 is 0 Å². The van der Waals surface area contributed by atoms with E-state index in [1.807, 2.05) is 0 Å². The van der Waals surface area contributed by atoms with Gasteiger partial charge in [0.05, 0.1) is 0 Å². The van der Waals surface area contributed by atoms with Gasteiger partial charge in [-0.1, -0.05) is 175 Å². The Hall–Kier alpha value is 0.0900. The molecule has 1 heteroatoms. The van der Waals surface area contributed by atoms with Crippen LogP contribution in [0.1, 0.15) is 273 Å². The molecule has 0 aromatic heterocycles. The Morgan fingerprint density at radius 3 is 2.16 bits per heavy atom. The van der Waals surface area contributed by atoms with Gasteiger partial charge in [-0.05, 0) is 209 Å². The predicted octanol–water partition coefficient (Wildman–Crippen LogP) is 19.7. The SMILES string of the molecule is CCCCC1C/C2=C3/C4CC5CC(CC6CC(CCC(C1)CC(C)(S)CCCCC1CC(CCC)(C1)CC3C4CC)C2C6)CC5CCCC(C)CCC(C)CC1CCC(CCC)C1. The summed E-state index contributed by atoms with van der Waals surface area (Å²) >= 11 is 5.55. The molecule has 9 rings (SSSR count). The van der Waals surface area contributed by atoms with Crippen molar-refractivity contribution in [1.82, 2.24) is 0 Å². The van der Waals surface area contributed by atoms with Gasteiger partial charge in [0.25, 0.3) is 0 Å². The molecular weight excluding hydrogens is 777 g/mol. The highest BCUT2D eigenvalue weighted by Crippen LogP contribution is 2.66. The van der Waals surface area contributed by atoms with E-state index in [4.69, 9.17) is 12.6 Å². The summed E-state index contributed by atoms with van der Waals surface area (Å²) in [4.78, 5) is 0. The highest BCUT2D eigenvalue weighted by molar-refractivity contribution is 7.81. The Kier molecular flexibility index (Phi) is 17.8. The van der Waals surface area contributed by atoms with Gasteiger partial charge in [0, 0.05) is 4.75 Å². The van der Waals surface area contributed by atoms with Crippen LogP contribution in [0.15, 0.2) is 11.1 Å². The third kappa shape index (κ3) is 12.5. The zero-order chi connectivity index (χ0) is 44.1. The summed E-state index contributed by atoms with van der Waals surface area (Å²) in [5.41, 5.74) is 5.03. The van der Waals surface area contributed by atoms with Crippen molar-refractivity contribution in [2.45, 2.75) is 278 Å². The molecule has 0 spiro atoms. The van der Waals surface area contributed by atoms with E-state index >= 15 is 0 Å². The van der Waals surface area contributed by atoms with Gasteiger partial charge in [0.1, 0.15) is 0 Å². The maximum Gasteiger partial charge on any atom is 0.0104 e. The van der Waals surface area contributed by atoms with E-state index in [1.54, 1.807) is 70.6 Å². The minimum absolute atomic E-state index is 0.211. The molecule has 0 saturated heterocycles. The lowest BCUT2D eigenvalue weighted by Gasteiger charge is -2.58. The van der Waals surface area contributed by atoms with Crippen molar-refractivity contribution in [3.05, 3.63) is 11.1 Å². The van der Waals surface area contributed by atoms with Crippen LogP contribution >= 0.6 is 12.6 Å². The number of fused-ring (bicyclic) bond motifs is 8. The van der Waals surface area contributed by atoms with E-state index in [0.29, 0.717) is 5.41 Å². The van der Waals surface area contributed by atoms with Crippen LogP contribution < -0.4 is 0 Å². The number of allylic oxidation sites excluding steroid dienone is 2. The summed E-state index contributed by atoms with van der Waals surface area (Å²) in [5, 5.41) is 0. The second-order valence-corrected chi connectivity index (χ2v) is 28.2. The molecule has 0 radical (unpaired) electrons. The maximum absolute atomic E-state index is 5.55.